The first-order chi connectivity index (χ1) is 13.9. The Labute approximate surface area is 173 Å². The Balaban J connectivity index is 1.77. The van der Waals surface area contributed by atoms with Gasteiger partial charge in [-0.1, -0.05) is 41.9 Å². The maximum atomic E-state index is 12.2. The molecule has 0 unspecified atom stereocenters. The lowest BCUT2D eigenvalue weighted by Gasteiger charge is -2.14. The number of esters is 1. The molecule has 0 saturated carbocycles. The van der Waals surface area contributed by atoms with Gasteiger partial charge in [-0.15, -0.1) is 0 Å². The first kappa shape index (κ1) is 22.0. The van der Waals surface area contributed by atoms with Crippen LogP contribution in [0.1, 0.15) is 12.5 Å². The molecule has 1 atom stereocenters. The van der Waals surface area contributed by atoms with Gasteiger partial charge >= 0.3 is 5.97 Å². The van der Waals surface area contributed by atoms with Crippen LogP contribution in [-0.2, 0) is 19.1 Å². The first-order valence-corrected chi connectivity index (χ1v) is 9.11. The molecule has 29 heavy (non-hydrogen) atoms. The van der Waals surface area contributed by atoms with Crippen LogP contribution in [-0.4, -0.2) is 37.5 Å². The molecule has 0 heterocycles. The molecule has 2 amide bonds. The number of anilines is 1. The standard InChI is InChI=1S/C21H21ClN2O5/c1-14(21(27)24-16-9-10-18(28-2)17(22)12-16)29-20(26)13-23-19(25)11-8-15-6-4-3-5-7-15/h3-12,14H,13H2,1-2H3,(H,23,25)(H,24,27)/b11-8+/t14-/m1/s1. The topological polar surface area (TPSA) is 93.7 Å². The smallest absolute Gasteiger partial charge is 0.326 e. The molecular weight excluding hydrogens is 396 g/mol. The number of hydrogen-bond acceptors (Lipinski definition) is 5. The van der Waals surface area contributed by atoms with E-state index in [1.165, 1.54) is 26.2 Å². The third-order valence-electron chi connectivity index (χ3n) is 3.73. The summed E-state index contributed by atoms with van der Waals surface area (Å²) in [4.78, 5) is 35.8. The van der Waals surface area contributed by atoms with Crippen molar-refractivity contribution in [1.82, 2.24) is 5.32 Å². The largest absolute Gasteiger partial charge is 0.495 e. The molecule has 8 heteroatoms. The van der Waals surface area contributed by atoms with Crippen LogP contribution in [0.4, 0.5) is 5.69 Å². The summed E-state index contributed by atoms with van der Waals surface area (Å²) in [7, 11) is 1.48. The minimum Gasteiger partial charge on any atom is -0.495 e. The molecule has 0 aliphatic carbocycles. The van der Waals surface area contributed by atoms with E-state index in [-0.39, 0.29) is 6.54 Å². The molecule has 2 aromatic carbocycles. The summed E-state index contributed by atoms with van der Waals surface area (Å²) in [5.74, 6) is -1.24. The van der Waals surface area contributed by atoms with Crippen LogP contribution in [0.25, 0.3) is 6.08 Å². The molecule has 0 spiro atoms. The number of carbonyl (C=O) groups excluding carboxylic acids is 3. The fraction of sp³-hybridized carbons (Fsp3) is 0.190. The Hall–Kier alpha value is -3.32. The highest BCUT2D eigenvalue weighted by atomic mass is 35.5. The van der Waals surface area contributed by atoms with Gasteiger partial charge in [0.1, 0.15) is 12.3 Å². The lowest BCUT2D eigenvalue weighted by atomic mass is 10.2. The highest BCUT2D eigenvalue weighted by Crippen LogP contribution is 2.27. The van der Waals surface area contributed by atoms with Crippen LogP contribution >= 0.6 is 11.6 Å². The Kier molecular flexibility index (Phi) is 8.24. The van der Waals surface area contributed by atoms with Crippen LogP contribution in [0.3, 0.4) is 0 Å². The van der Waals surface area contributed by atoms with Gasteiger partial charge in [-0.25, -0.2) is 0 Å². The van der Waals surface area contributed by atoms with Crippen molar-refractivity contribution in [3.63, 3.8) is 0 Å². The Morgan fingerprint density at radius 3 is 2.52 bits per heavy atom. The molecule has 0 aliphatic rings. The number of hydrogen-bond donors (Lipinski definition) is 2. The predicted octanol–water partition coefficient (Wildman–Crippen LogP) is 3.05. The molecule has 0 aliphatic heterocycles. The van der Waals surface area contributed by atoms with Gasteiger partial charge in [0.05, 0.1) is 12.1 Å². The second kappa shape index (κ2) is 10.9. The van der Waals surface area contributed by atoms with Gasteiger partial charge in [-0.05, 0) is 36.8 Å². The van der Waals surface area contributed by atoms with Gasteiger partial charge in [0, 0.05) is 11.8 Å². The summed E-state index contributed by atoms with van der Waals surface area (Å²) in [6.45, 7) is 1.07. The van der Waals surface area contributed by atoms with E-state index in [1.807, 2.05) is 30.3 Å². The summed E-state index contributed by atoms with van der Waals surface area (Å²) in [6.07, 6.45) is 1.88. The third-order valence-corrected chi connectivity index (χ3v) is 4.03. The monoisotopic (exact) mass is 416 g/mol. The van der Waals surface area contributed by atoms with E-state index in [4.69, 9.17) is 21.1 Å². The van der Waals surface area contributed by atoms with Crippen molar-refractivity contribution < 1.29 is 23.9 Å². The molecule has 0 fully saturated rings. The summed E-state index contributed by atoms with van der Waals surface area (Å²) in [6, 6.07) is 14.0. The summed E-state index contributed by atoms with van der Waals surface area (Å²) in [5, 5.41) is 5.33. The zero-order valence-corrected chi connectivity index (χ0v) is 16.7. The van der Waals surface area contributed by atoms with Crippen molar-refractivity contribution in [3.05, 3.63) is 65.2 Å². The number of halogens is 1. The van der Waals surface area contributed by atoms with Gasteiger partial charge in [-0.2, -0.15) is 0 Å². The third kappa shape index (κ3) is 7.31. The first-order valence-electron chi connectivity index (χ1n) is 8.74. The minimum absolute atomic E-state index is 0.334. The lowest BCUT2D eigenvalue weighted by Crippen LogP contribution is -2.35. The van der Waals surface area contributed by atoms with Crippen LogP contribution in [0, 0.1) is 0 Å². The van der Waals surface area contributed by atoms with Crippen LogP contribution in [0.2, 0.25) is 5.02 Å². The molecule has 0 radical (unpaired) electrons. The maximum absolute atomic E-state index is 12.2. The van der Waals surface area contributed by atoms with Crippen molar-refractivity contribution in [2.75, 3.05) is 19.0 Å². The Morgan fingerprint density at radius 1 is 1.14 bits per heavy atom. The fourth-order valence-electron chi connectivity index (χ4n) is 2.23. The average Bonchev–Trinajstić information content (AvgIpc) is 2.71. The predicted molar refractivity (Wildman–Crippen MR) is 111 cm³/mol. The van der Waals surface area contributed by atoms with Crippen molar-refractivity contribution in [1.29, 1.82) is 0 Å². The van der Waals surface area contributed by atoms with E-state index in [0.717, 1.165) is 5.56 Å². The van der Waals surface area contributed by atoms with Crippen molar-refractivity contribution in [3.8, 4) is 5.75 Å². The molecule has 0 aromatic heterocycles. The second-order valence-corrected chi connectivity index (χ2v) is 6.34. The molecular formula is C21H21ClN2O5. The number of rotatable bonds is 8. The highest BCUT2D eigenvalue weighted by molar-refractivity contribution is 6.32. The summed E-state index contributed by atoms with van der Waals surface area (Å²) >= 11 is 6.01. The van der Waals surface area contributed by atoms with Gasteiger partial charge < -0.3 is 20.1 Å². The molecule has 2 rings (SSSR count). The van der Waals surface area contributed by atoms with Crippen molar-refractivity contribution in [2.45, 2.75) is 13.0 Å². The van der Waals surface area contributed by atoms with Crippen molar-refractivity contribution >= 4 is 41.1 Å². The zero-order chi connectivity index (χ0) is 21.2. The van der Waals surface area contributed by atoms with E-state index >= 15 is 0 Å². The van der Waals surface area contributed by atoms with E-state index in [1.54, 1.807) is 18.2 Å². The van der Waals surface area contributed by atoms with Gasteiger partial charge in [0.2, 0.25) is 5.91 Å². The second-order valence-electron chi connectivity index (χ2n) is 5.93. The normalized spacial score (nSPS) is 11.6. The molecule has 152 valence electrons. The fourth-order valence-corrected chi connectivity index (χ4v) is 2.49. The Bertz CT molecular complexity index is 899. The van der Waals surface area contributed by atoms with Crippen LogP contribution < -0.4 is 15.4 Å². The van der Waals surface area contributed by atoms with E-state index < -0.39 is 23.9 Å². The van der Waals surface area contributed by atoms with Gasteiger partial charge in [0.25, 0.3) is 5.91 Å². The minimum atomic E-state index is -1.06. The summed E-state index contributed by atoms with van der Waals surface area (Å²) in [5.41, 5.74) is 1.29. The molecule has 2 aromatic rings. The number of ether oxygens (including phenoxy) is 2. The Morgan fingerprint density at radius 2 is 1.86 bits per heavy atom. The average molecular weight is 417 g/mol. The molecule has 0 bridgehead atoms. The van der Waals surface area contributed by atoms with E-state index in [9.17, 15) is 14.4 Å². The molecule has 7 nitrogen and oxygen atoms in total. The van der Waals surface area contributed by atoms with Crippen LogP contribution in [0.5, 0.6) is 5.75 Å². The highest BCUT2D eigenvalue weighted by Gasteiger charge is 2.18. The van der Waals surface area contributed by atoms with E-state index in [2.05, 4.69) is 10.6 Å². The maximum Gasteiger partial charge on any atom is 0.326 e. The lowest BCUT2D eigenvalue weighted by molar-refractivity contribution is -0.152. The molecule has 0 saturated heterocycles. The number of methoxy groups -OCH3 is 1. The van der Waals surface area contributed by atoms with E-state index in [0.29, 0.717) is 16.5 Å². The van der Waals surface area contributed by atoms with Crippen LogP contribution in [0.15, 0.2) is 54.6 Å². The summed E-state index contributed by atoms with van der Waals surface area (Å²) < 4.78 is 10.1. The number of carbonyl (C=O) groups is 3. The van der Waals surface area contributed by atoms with Gasteiger partial charge in [0.15, 0.2) is 6.10 Å². The number of amides is 2. The van der Waals surface area contributed by atoms with Gasteiger partial charge in [-0.3, -0.25) is 14.4 Å². The number of nitrogens with one attached hydrogen (secondary N) is 2. The SMILES string of the molecule is COc1ccc(NC(=O)[C@@H](C)OC(=O)CNC(=O)/C=C/c2ccccc2)cc1Cl. The quantitative estimate of drug-likeness (QED) is 0.509. The zero-order valence-electron chi connectivity index (χ0n) is 16.0. The molecule has 2 N–H and O–H groups in total. The van der Waals surface area contributed by atoms with Crippen molar-refractivity contribution in [2.24, 2.45) is 0 Å². The number of benzene rings is 2.